The van der Waals surface area contributed by atoms with Crippen LogP contribution in [0.5, 0.6) is 0 Å². The van der Waals surface area contributed by atoms with Crippen LogP contribution in [0.15, 0.2) is 67.1 Å². The van der Waals surface area contributed by atoms with Crippen LogP contribution in [0.25, 0.3) is 0 Å². The first-order valence-corrected chi connectivity index (χ1v) is 14.1. The second-order valence-electron chi connectivity index (χ2n) is 11.2. The van der Waals surface area contributed by atoms with E-state index in [1.807, 2.05) is 30.0 Å². The van der Waals surface area contributed by atoms with E-state index in [-0.39, 0.29) is 35.3 Å². The van der Waals surface area contributed by atoms with Crippen molar-refractivity contribution in [2.75, 3.05) is 44.8 Å². The Labute approximate surface area is 250 Å². The van der Waals surface area contributed by atoms with Crippen LogP contribution < -0.4 is 11.1 Å². The summed E-state index contributed by atoms with van der Waals surface area (Å²) in [5, 5.41) is 28.8. The number of pyridine rings is 1. The second-order valence-corrected chi connectivity index (χ2v) is 11.2. The third-order valence-corrected chi connectivity index (χ3v) is 7.80. The van der Waals surface area contributed by atoms with Gasteiger partial charge in [-0.05, 0) is 63.0 Å². The minimum atomic E-state index is -0.223. The summed E-state index contributed by atoms with van der Waals surface area (Å²) in [6.45, 7) is 2.22. The molecule has 43 heavy (non-hydrogen) atoms. The number of likely N-dealkylation sites (tertiary alicyclic amines) is 1. The number of fused-ring (bicyclic) bond motifs is 1. The fraction of sp³-hybridized carbons (Fsp3) is 0.323. The van der Waals surface area contributed by atoms with Crippen LogP contribution in [0, 0.1) is 28.1 Å². The van der Waals surface area contributed by atoms with Gasteiger partial charge in [-0.25, -0.2) is 9.97 Å². The van der Waals surface area contributed by atoms with Crippen LogP contribution >= 0.6 is 0 Å². The molecule has 1 aromatic carbocycles. The molecule has 0 spiro atoms. The van der Waals surface area contributed by atoms with Gasteiger partial charge in [0.15, 0.2) is 0 Å². The fourth-order valence-electron chi connectivity index (χ4n) is 5.66. The predicted molar refractivity (Wildman–Crippen MR) is 166 cm³/mol. The molecule has 2 atom stereocenters. The van der Waals surface area contributed by atoms with Gasteiger partial charge >= 0.3 is 0 Å². The van der Waals surface area contributed by atoms with E-state index < -0.39 is 0 Å². The highest BCUT2D eigenvalue weighted by Gasteiger charge is 2.42. The molecule has 2 aliphatic rings. The van der Waals surface area contributed by atoms with Crippen molar-refractivity contribution in [2.45, 2.75) is 18.9 Å². The van der Waals surface area contributed by atoms with Gasteiger partial charge in [0.1, 0.15) is 23.7 Å². The Balaban J connectivity index is 1.21. The Bertz CT molecular complexity index is 1520. The molecule has 1 saturated carbocycles. The first-order chi connectivity index (χ1) is 20.7. The maximum Gasteiger partial charge on any atom is 0.246 e. The highest BCUT2D eigenvalue weighted by atomic mass is 16.5. The molecule has 2 unspecified atom stereocenters. The van der Waals surface area contributed by atoms with Gasteiger partial charge in [-0.3, -0.25) is 26.0 Å². The fourth-order valence-corrected chi connectivity index (χ4v) is 5.66. The maximum absolute atomic E-state index is 12.6. The summed E-state index contributed by atoms with van der Waals surface area (Å²) in [4.78, 5) is 29.2. The molecule has 222 valence electrons. The molecule has 1 amide bonds. The molecule has 1 saturated heterocycles. The van der Waals surface area contributed by atoms with Crippen molar-refractivity contribution in [3.8, 4) is 0 Å². The summed E-state index contributed by atoms with van der Waals surface area (Å²) in [5.74, 6) is 1.18. The lowest BCUT2D eigenvalue weighted by Crippen LogP contribution is -2.30. The largest absolute Gasteiger partial charge is 0.419 e. The molecule has 0 radical (unpaired) electrons. The zero-order chi connectivity index (χ0) is 30.5. The number of anilines is 2. The molecule has 3 aromatic rings. The Morgan fingerprint density at radius 3 is 2.37 bits per heavy atom. The zero-order valence-electron chi connectivity index (χ0n) is 24.2. The number of nitrogens with zero attached hydrogens (tertiary/aromatic N) is 5. The third-order valence-electron chi connectivity index (χ3n) is 7.80. The Hall–Kier alpha value is -4.97. The number of hydrogen-bond donors (Lipinski definition) is 5. The van der Waals surface area contributed by atoms with E-state index in [2.05, 4.69) is 20.3 Å². The number of rotatable bonds is 9. The standard InChI is InChI=1S/C31H36N10O2/c1-40(2)13-5-7-25(42)41-16-21-14-23(15-22(21)17-41)39-31-26(28(33)37-18-38-31)27(32)19-8-10-20(11-9-19)29(34)43-30(35)24-6-3-4-12-36-24/h3-12,18,21-23,32,34-35H,13-17H2,1-2H3,(H3,33,37,38,39)/b7-5+,32-27?,34-29?,35-30?. The smallest absolute Gasteiger partial charge is 0.246 e. The van der Waals surface area contributed by atoms with Crippen LogP contribution in [-0.2, 0) is 9.53 Å². The maximum atomic E-state index is 12.6. The van der Waals surface area contributed by atoms with Crippen LogP contribution in [-0.4, -0.2) is 87.9 Å². The van der Waals surface area contributed by atoms with Crippen LogP contribution in [0.1, 0.15) is 35.2 Å². The number of amides is 1. The highest BCUT2D eigenvalue weighted by Crippen LogP contribution is 2.39. The number of benzene rings is 1. The van der Waals surface area contributed by atoms with Crippen molar-refractivity contribution in [1.29, 1.82) is 16.2 Å². The first kappa shape index (κ1) is 29.5. The van der Waals surface area contributed by atoms with Crippen LogP contribution in [0.2, 0.25) is 0 Å². The minimum Gasteiger partial charge on any atom is -0.419 e. The van der Waals surface area contributed by atoms with E-state index in [9.17, 15) is 4.79 Å². The normalized spacial score (nSPS) is 19.4. The van der Waals surface area contributed by atoms with Gasteiger partial charge in [-0.15, -0.1) is 0 Å². The average molecular weight is 581 g/mol. The molecule has 12 nitrogen and oxygen atoms in total. The number of likely N-dealkylation sites (N-methyl/N-ethyl adjacent to an activating group) is 1. The van der Waals surface area contributed by atoms with Crippen molar-refractivity contribution >= 4 is 35.1 Å². The molecule has 12 heteroatoms. The molecule has 2 fully saturated rings. The Morgan fingerprint density at radius 1 is 1.02 bits per heavy atom. The highest BCUT2D eigenvalue weighted by molar-refractivity contribution is 6.16. The van der Waals surface area contributed by atoms with Crippen molar-refractivity contribution in [2.24, 2.45) is 11.8 Å². The quantitative estimate of drug-likeness (QED) is 0.145. The van der Waals surface area contributed by atoms with Gasteiger partial charge < -0.3 is 25.6 Å². The molecule has 5 rings (SSSR count). The number of nitrogen functional groups attached to an aromatic ring is 1. The summed E-state index contributed by atoms with van der Waals surface area (Å²) >= 11 is 0. The number of carbonyl (C=O) groups is 1. The van der Waals surface area contributed by atoms with Gasteiger partial charge in [-0.2, -0.15) is 0 Å². The van der Waals surface area contributed by atoms with E-state index in [1.54, 1.807) is 54.7 Å². The van der Waals surface area contributed by atoms with E-state index in [0.717, 1.165) is 32.5 Å². The van der Waals surface area contributed by atoms with E-state index in [4.69, 9.17) is 26.7 Å². The third kappa shape index (κ3) is 6.92. The summed E-state index contributed by atoms with van der Waals surface area (Å²) in [5.41, 5.74) is 8.17. The number of nitrogens with one attached hydrogen (secondary N) is 4. The molecular weight excluding hydrogens is 544 g/mol. The van der Waals surface area contributed by atoms with E-state index >= 15 is 0 Å². The number of nitrogens with two attached hydrogens (primary N) is 1. The summed E-state index contributed by atoms with van der Waals surface area (Å²) in [7, 11) is 3.94. The number of hydrogen-bond acceptors (Lipinski definition) is 11. The zero-order valence-corrected chi connectivity index (χ0v) is 24.2. The van der Waals surface area contributed by atoms with Crippen LogP contribution in [0.4, 0.5) is 11.6 Å². The lowest BCUT2D eigenvalue weighted by atomic mass is 10.0. The lowest BCUT2D eigenvalue weighted by Gasteiger charge is -2.21. The van der Waals surface area contributed by atoms with Gasteiger partial charge in [0.2, 0.25) is 17.7 Å². The predicted octanol–water partition coefficient (Wildman–Crippen LogP) is 3.00. The second kappa shape index (κ2) is 12.9. The number of carbonyl (C=O) groups excluding carboxylic acids is 1. The summed E-state index contributed by atoms with van der Waals surface area (Å²) < 4.78 is 5.37. The average Bonchev–Trinajstić information content (AvgIpc) is 3.56. The molecular formula is C31H36N10O2. The van der Waals surface area contributed by atoms with E-state index in [0.29, 0.717) is 40.0 Å². The number of ether oxygens (including phenoxy) is 1. The lowest BCUT2D eigenvalue weighted by molar-refractivity contribution is -0.125. The van der Waals surface area contributed by atoms with Crippen LogP contribution in [0.3, 0.4) is 0 Å². The molecule has 2 aromatic heterocycles. The molecule has 0 bridgehead atoms. The molecule has 3 heterocycles. The first-order valence-electron chi connectivity index (χ1n) is 14.1. The van der Waals surface area contributed by atoms with Gasteiger partial charge in [-0.1, -0.05) is 24.3 Å². The molecule has 1 aliphatic heterocycles. The van der Waals surface area contributed by atoms with E-state index in [1.165, 1.54) is 6.33 Å². The monoisotopic (exact) mass is 580 g/mol. The number of aromatic nitrogens is 3. The Morgan fingerprint density at radius 2 is 1.72 bits per heavy atom. The van der Waals surface area contributed by atoms with Gasteiger partial charge in [0.25, 0.3) is 0 Å². The minimum absolute atomic E-state index is 0.0688. The topological polar surface area (TPSA) is 181 Å². The van der Waals surface area contributed by atoms with Gasteiger partial charge in [0.05, 0.1) is 11.3 Å². The van der Waals surface area contributed by atoms with Crippen molar-refractivity contribution < 1.29 is 9.53 Å². The SMILES string of the molecule is CN(C)C/C=C/C(=O)N1CC2CC(Nc3ncnc(N)c3C(=N)c3ccc(C(=N)OC(=N)c4ccccn4)cc3)CC2C1. The van der Waals surface area contributed by atoms with Crippen molar-refractivity contribution in [1.82, 2.24) is 24.8 Å². The van der Waals surface area contributed by atoms with Crippen molar-refractivity contribution in [3.63, 3.8) is 0 Å². The Kier molecular flexibility index (Phi) is 8.86. The summed E-state index contributed by atoms with van der Waals surface area (Å²) in [6.07, 6.45) is 8.32. The molecule has 6 N–H and O–H groups in total. The summed E-state index contributed by atoms with van der Waals surface area (Å²) in [6, 6.07) is 12.0. The van der Waals surface area contributed by atoms with Gasteiger partial charge in [0, 0.05) is 49.1 Å². The molecule has 1 aliphatic carbocycles. The van der Waals surface area contributed by atoms with Crippen molar-refractivity contribution in [3.05, 3.63) is 89.5 Å².